The number of esters is 1. The van der Waals surface area contributed by atoms with Gasteiger partial charge in [-0.1, -0.05) is 0 Å². The Balaban J connectivity index is 2.35. The Morgan fingerprint density at radius 3 is 2.70 bits per heavy atom. The van der Waals surface area contributed by atoms with Crippen LogP contribution in [0, 0.1) is 0 Å². The van der Waals surface area contributed by atoms with Crippen molar-refractivity contribution in [3.05, 3.63) is 39.7 Å². The minimum absolute atomic E-state index is 0.0259. The maximum absolute atomic E-state index is 12.6. The monoisotopic (exact) mass is 335 g/mol. The summed E-state index contributed by atoms with van der Waals surface area (Å²) in [5.74, 6) is -0.598. The summed E-state index contributed by atoms with van der Waals surface area (Å²) >= 11 is 0. The number of sulfone groups is 1. The molecule has 3 rings (SSSR count). The van der Waals surface area contributed by atoms with E-state index in [2.05, 4.69) is 0 Å². The van der Waals surface area contributed by atoms with Gasteiger partial charge in [-0.15, -0.1) is 0 Å². The Hall–Kier alpha value is -2.15. The molecule has 0 amide bonds. The van der Waals surface area contributed by atoms with Gasteiger partial charge in [-0.3, -0.25) is 4.79 Å². The molecule has 1 aliphatic rings. The van der Waals surface area contributed by atoms with E-state index in [-0.39, 0.29) is 22.8 Å². The summed E-state index contributed by atoms with van der Waals surface area (Å²) in [6.07, 6.45) is 1.83. The predicted octanol–water partition coefficient (Wildman–Crippen LogP) is 1.53. The van der Waals surface area contributed by atoms with E-state index in [0.29, 0.717) is 29.4 Å². The number of fused-ring (bicyclic) bond motifs is 2. The van der Waals surface area contributed by atoms with E-state index < -0.39 is 21.2 Å². The Morgan fingerprint density at radius 2 is 2.04 bits per heavy atom. The van der Waals surface area contributed by atoms with Crippen molar-refractivity contribution in [1.29, 1.82) is 0 Å². The summed E-state index contributed by atoms with van der Waals surface area (Å²) < 4.78 is 30.8. The lowest BCUT2D eigenvalue weighted by molar-refractivity contribution is 0.0524. The predicted molar refractivity (Wildman–Crippen MR) is 85.6 cm³/mol. The number of aromatic nitrogens is 1. The van der Waals surface area contributed by atoms with Crippen LogP contribution in [-0.4, -0.2) is 31.3 Å². The Morgan fingerprint density at radius 1 is 1.30 bits per heavy atom. The van der Waals surface area contributed by atoms with Crippen LogP contribution < -0.4 is 5.43 Å². The zero-order valence-corrected chi connectivity index (χ0v) is 13.8. The van der Waals surface area contributed by atoms with E-state index in [0.717, 1.165) is 0 Å². The third kappa shape index (κ3) is 2.45. The lowest BCUT2D eigenvalue weighted by Crippen LogP contribution is -2.21. The van der Waals surface area contributed by atoms with Gasteiger partial charge in [0.15, 0.2) is 9.84 Å². The molecule has 0 saturated heterocycles. The van der Waals surface area contributed by atoms with Gasteiger partial charge in [-0.05, 0) is 38.0 Å². The molecule has 0 atom stereocenters. The minimum Gasteiger partial charge on any atom is -0.462 e. The molecular weight excluding hydrogens is 318 g/mol. The Kier molecular flexibility index (Phi) is 3.75. The number of hydrogen-bond acceptors (Lipinski definition) is 5. The first kappa shape index (κ1) is 15.7. The first-order valence-corrected chi connectivity index (χ1v) is 9.14. The van der Waals surface area contributed by atoms with E-state index in [9.17, 15) is 18.0 Å². The van der Waals surface area contributed by atoms with Crippen molar-refractivity contribution >= 4 is 26.7 Å². The summed E-state index contributed by atoms with van der Waals surface area (Å²) in [5, 5.41) is 0.355. The highest BCUT2D eigenvalue weighted by molar-refractivity contribution is 7.91. The van der Waals surface area contributed by atoms with Gasteiger partial charge in [-0.2, -0.15) is 0 Å². The molecule has 0 saturated carbocycles. The normalized spacial score (nSPS) is 15.6. The number of pyridine rings is 1. The maximum Gasteiger partial charge on any atom is 0.343 e. The first-order chi connectivity index (χ1) is 10.9. The molecule has 0 bridgehead atoms. The number of nitrogens with zero attached hydrogens (tertiary/aromatic N) is 1. The van der Waals surface area contributed by atoms with E-state index in [1.54, 1.807) is 23.6 Å². The number of carbonyl (C=O) groups is 1. The number of rotatable bonds is 3. The Bertz CT molecular complexity index is 972. The molecule has 1 aromatic heterocycles. The molecule has 0 aliphatic carbocycles. The van der Waals surface area contributed by atoms with E-state index in [1.165, 1.54) is 6.20 Å². The first-order valence-electron chi connectivity index (χ1n) is 7.49. The second kappa shape index (κ2) is 5.49. The second-order valence-electron chi connectivity index (χ2n) is 5.42. The van der Waals surface area contributed by atoms with Gasteiger partial charge in [0.05, 0.1) is 22.8 Å². The van der Waals surface area contributed by atoms with Crippen LogP contribution in [0.15, 0.2) is 28.0 Å². The van der Waals surface area contributed by atoms with Gasteiger partial charge in [-0.25, -0.2) is 13.2 Å². The fraction of sp³-hybridized carbons (Fsp3) is 0.375. The van der Waals surface area contributed by atoms with E-state index in [1.807, 2.05) is 6.92 Å². The van der Waals surface area contributed by atoms with Crippen LogP contribution >= 0.6 is 0 Å². The van der Waals surface area contributed by atoms with Crippen LogP contribution in [0.3, 0.4) is 0 Å². The van der Waals surface area contributed by atoms with Crippen LogP contribution in [0.2, 0.25) is 0 Å². The van der Waals surface area contributed by atoms with Crippen molar-refractivity contribution < 1.29 is 17.9 Å². The highest BCUT2D eigenvalue weighted by atomic mass is 32.2. The molecule has 0 N–H and O–H groups in total. The summed E-state index contributed by atoms with van der Waals surface area (Å²) in [6, 6.07) is 3.15. The van der Waals surface area contributed by atoms with Gasteiger partial charge < -0.3 is 9.30 Å². The average Bonchev–Trinajstić information content (AvgIpc) is 2.82. The smallest absolute Gasteiger partial charge is 0.343 e. The lowest BCUT2D eigenvalue weighted by Gasteiger charge is -2.12. The number of ether oxygens (including phenoxy) is 1. The average molecular weight is 335 g/mol. The van der Waals surface area contributed by atoms with Crippen molar-refractivity contribution in [1.82, 2.24) is 4.57 Å². The summed E-state index contributed by atoms with van der Waals surface area (Å²) in [5.41, 5.74) is 0.713. The van der Waals surface area contributed by atoms with Gasteiger partial charge in [0.2, 0.25) is 5.43 Å². The van der Waals surface area contributed by atoms with Crippen molar-refractivity contribution in [3.63, 3.8) is 0 Å². The summed E-state index contributed by atoms with van der Waals surface area (Å²) in [6.45, 7) is 4.22. The van der Waals surface area contributed by atoms with Crippen LogP contribution in [0.5, 0.6) is 0 Å². The van der Waals surface area contributed by atoms with E-state index >= 15 is 0 Å². The molecule has 1 aliphatic heterocycles. The molecule has 0 fully saturated rings. The molecule has 0 unspecified atom stereocenters. The summed E-state index contributed by atoms with van der Waals surface area (Å²) in [7, 11) is -3.28. The topological polar surface area (TPSA) is 82.4 Å². The second-order valence-corrected chi connectivity index (χ2v) is 7.50. The molecule has 0 radical (unpaired) electrons. The molecule has 122 valence electrons. The molecule has 1 aromatic carbocycles. The van der Waals surface area contributed by atoms with Gasteiger partial charge in [0.1, 0.15) is 5.56 Å². The number of benzene rings is 1. The zero-order chi connectivity index (χ0) is 16.8. The van der Waals surface area contributed by atoms with Gasteiger partial charge in [0.25, 0.3) is 0 Å². The van der Waals surface area contributed by atoms with Gasteiger partial charge in [0, 0.05) is 18.1 Å². The highest BCUT2D eigenvalue weighted by Gasteiger charge is 2.28. The largest absolute Gasteiger partial charge is 0.462 e. The fourth-order valence-corrected chi connectivity index (χ4v) is 4.48. The quantitative estimate of drug-likeness (QED) is 0.795. The molecule has 2 heterocycles. The van der Waals surface area contributed by atoms with Crippen molar-refractivity contribution in [2.45, 2.75) is 31.7 Å². The van der Waals surface area contributed by atoms with Gasteiger partial charge >= 0.3 is 5.97 Å². The highest BCUT2D eigenvalue weighted by Crippen LogP contribution is 2.29. The van der Waals surface area contributed by atoms with Crippen LogP contribution in [0.4, 0.5) is 0 Å². The molecule has 2 aromatic rings. The van der Waals surface area contributed by atoms with E-state index in [4.69, 9.17) is 4.74 Å². The zero-order valence-electron chi connectivity index (χ0n) is 13.0. The molecule has 7 heteroatoms. The molecular formula is C16H17NO5S. The standard InChI is InChI=1S/C16H17NO5S/c1-3-17-9-12(16(19)22-4-2)15(18)11-7-10-5-6-23(20,21)14(10)8-13(11)17/h7-9H,3-6H2,1-2H3. The number of aryl methyl sites for hydroxylation is 2. The minimum atomic E-state index is -3.28. The molecule has 23 heavy (non-hydrogen) atoms. The lowest BCUT2D eigenvalue weighted by atomic mass is 10.1. The summed E-state index contributed by atoms with van der Waals surface area (Å²) in [4.78, 5) is 24.9. The third-order valence-corrected chi connectivity index (χ3v) is 5.87. The third-order valence-electron chi connectivity index (χ3n) is 4.07. The SMILES string of the molecule is CCOC(=O)c1cn(CC)c2cc3c(cc2c1=O)CCS3(=O)=O. The number of carbonyl (C=O) groups excluding carboxylic acids is 1. The molecule has 6 nitrogen and oxygen atoms in total. The maximum atomic E-state index is 12.6. The molecule has 0 spiro atoms. The number of hydrogen-bond donors (Lipinski definition) is 0. The van der Waals surface area contributed by atoms with Crippen LogP contribution in [0.1, 0.15) is 29.8 Å². The fourth-order valence-electron chi connectivity index (χ4n) is 2.92. The van der Waals surface area contributed by atoms with Crippen molar-refractivity contribution in [3.8, 4) is 0 Å². The van der Waals surface area contributed by atoms with Crippen molar-refractivity contribution in [2.24, 2.45) is 0 Å². The van der Waals surface area contributed by atoms with Crippen LogP contribution in [-0.2, 0) is 27.5 Å². The van der Waals surface area contributed by atoms with Crippen molar-refractivity contribution in [2.75, 3.05) is 12.4 Å². The van der Waals surface area contributed by atoms with Crippen LogP contribution in [0.25, 0.3) is 10.9 Å². The Labute approximate surface area is 133 Å².